The Morgan fingerprint density at radius 3 is 2.53 bits per heavy atom. The summed E-state index contributed by atoms with van der Waals surface area (Å²) in [6.07, 6.45) is 6.75. The lowest BCUT2D eigenvalue weighted by Crippen LogP contribution is -2.43. The van der Waals surface area contributed by atoms with Crippen LogP contribution in [-0.2, 0) is 6.54 Å². The first-order chi connectivity index (χ1) is 15.5. The van der Waals surface area contributed by atoms with Crippen molar-refractivity contribution in [2.24, 2.45) is 11.8 Å². The molecule has 1 aliphatic carbocycles. The highest BCUT2D eigenvalue weighted by molar-refractivity contribution is 7.08. The third kappa shape index (κ3) is 5.37. The molecule has 5 rings (SSSR count). The molecule has 1 aromatic carbocycles. The van der Waals surface area contributed by atoms with Gasteiger partial charge in [0.2, 0.25) is 0 Å². The minimum absolute atomic E-state index is 0.328. The number of thiophene rings is 1. The highest BCUT2D eigenvalue weighted by atomic mass is 35.5. The fourth-order valence-electron chi connectivity index (χ4n) is 6.06. The Bertz CT molecular complexity index is 893. The summed E-state index contributed by atoms with van der Waals surface area (Å²) in [5, 5.41) is 16.6. The standard InChI is InChI=1S/C26H34Cl2N2OS/c27-23-3-2-20(25(28)12-23)14-30-16-22(24(17-30)21-6-11-32-18-21)15-29-9-4-19(5-10-29)13-26(31)7-1-8-26/h2-3,6,11-12,18-19,22,24,31H,1,4-5,7-10,13-17H2/t22-,24+/m0/s1. The van der Waals surface area contributed by atoms with Gasteiger partial charge in [0.25, 0.3) is 0 Å². The van der Waals surface area contributed by atoms with Gasteiger partial charge in [0.15, 0.2) is 0 Å². The highest BCUT2D eigenvalue weighted by Crippen LogP contribution is 2.40. The minimum atomic E-state index is -0.328. The van der Waals surface area contributed by atoms with Crippen LogP contribution in [0, 0.1) is 11.8 Å². The third-order valence-corrected chi connectivity index (χ3v) is 9.34. The maximum absolute atomic E-state index is 10.5. The van der Waals surface area contributed by atoms with Crippen LogP contribution in [-0.4, -0.2) is 53.2 Å². The van der Waals surface area contributed by atoms with Crippen LogP contribution >= 0.6 is 34.5 Å². The minimum Gasteiger partial charge on any atom is -0.390 e. The zero-order valence-corrected chi connectivity index (χ0v) is 21.0. The van der Waals surface area contributed by atoms with Gasteiger partial charge >= 0.3 is 0 Å². The molecule has 0 spiro atoms. The average Bonchev–Trinajstić information content (AvgIpc) is 3.40. The first kappa shape index (κ1) is 23.1. The molecule has 3 nitrogen and oxygen atoms in total. The van der Waals surface area contributed by atoms with Crippen LogP contribution in [0.1, 0.15) is 55.6 Å². The zero-order chi connectivity index (χ0) is 22.1. The van der Waals surface area contributed by atoms with Gasteiger partial charge in [-0.05, 0) is 104 Å². The van der Waals surface area contributed by atoms with Crippen LogP contribution in [0.25, 0.3) is 0 Å². The third-order valence-electron chi connectivity index (χ3n) is 8.05. The largest absolute Gasteiger partial charge is 0.390 e. The maximum atomic E-state index is 10.5. The molecule has 2 saturated heterocycles. The Labute approximate surface area is 206 Å². The molecule has 1 N–H and O–H groups in total. The van der Waals surface area contributed by atoms with Crippen LogP contribution in [0.4, 0.5) is 0 Å². The number of hydrogen-bond donors (Lipinski definition) is 1. The molecule has 174 valence electrons. The number of nitrogens with zero attached hydrogens (tertiary/aromatic N) is 2. The molecule has 2 atom stereocenters. The summed E-state index contributed by atoms with van der Waals surface area (Å²) in [7, 11) is 0. The van der Waals surface area contributed by atoms with E-state index < -0.39 is 0 Å². The predicted molar refractivity (Wildman–Crippen MR) is 135 cm³/mol. The second-order valence-electron chi connectivity index (χ2n) is 10.4. The van der Waals surface area contributed by atoms with Crippen LogP contribution in [0.15, 0.2) is 35.0 Å². The normalized spacial score (nSPS) is 27.0. The van der Waals surface area contributed by atoms with E-state index in [1.54, 1.807) is 11.3 Å². The van der Waals surface area contributed by atoms with Gasteiger partial charge in [-0.25, -0.2) is 0 Å². The lowest BCUT2D eigenvalue weighted by atomic mass is 9.72. The Morgan fingerprint density at radius 1 is 1.06 bits per heavy atom. The Kier molecular flexibility index (Phi) is 7.18. The first-order valence-electron chi connectivity index (χ1n) is 12.1. The molecule has 0 amide bonds. The van der Waals surface area contributed by atoms with Crippen molar-refractivity contribution in [2.75, 3.05) is 32.7 Å². The molecule has 1 saturated carbocycles. The summed E-state index contributed by atoms with van der Waals surface area (Å²) in [4.78, 5) is 5.26. The zero-order valence-electron chi connectivity index (χ0n) is 18.7. The fraction of sp³-hybridized carbons (Fsp3) is 0.615. The number of rotatable bonds is 7. The van der Waals surface area contributed by atoms with E-state index in [4.69, 9.17) is 23.2 Å². The van der Waals surface area contributed by atoms with Gasteiger partial charge < -0.3 is 10.0 Å². The van der Waals surface area contributed by atoms with E-state index >= 15 is 0 Å². The molecular formula is C26H34Cl2N2OS. The SMILES string of the molecule is OC1(CC2CCN(C[C@H]3CN(Cc4ccc(Cl)cc4Cl)C[C@@H]3c3ccsc3)CC2)CCC1. The van der Waals surface area contributed by atoms with E-state index in [2.05, 4.69) is 32.7 Å². The van der Waals surface area contributed by atoms with Crippen molar-refractivity contribution in [2.45, 2.75) is 56.6 Å². The van der Waals surface area contributed by atoms with Crippen LogP contribution < -0.4 is 0 Å². The van der Waals surface area contributed by atoms with Crippen LogP contribution in [0.2, 0.25) is 10.0 Å². The van der Waals surface area contributed by atoms with Gasteiger partial charge in [-0.15, -0.1) is 0 Å². The highest BCUT2D eigenvalue weighted by Gasteiger charge is 2.39. The van der Waals surface area contributed by atoms with E-state index in [0.29, 0.717) is 22.8 Å². The van der Waals surface area contributed by atoms with Crippen molar-refractivity contribution >= 4 is 34.5 Å². The maximum Gasteiger partial charge on any atom is 0.0650 e. The van der Waals surface area contributed by atoms with E-state index in [-0.39, 0.29) is 5.60 Å². The van der Waals surface area contributed by atoms with Crippen LogP contribution in [0.3, 0.4) is 0 Å². The van der Waals surface area contributed by atoms with Gasteiger partial charge in [-0.2, -0.15) is 11.3 Å². The quantitative estimate of drug-likeness (QED) is 0.491. The van der Waals surface area contributed by atoms with Crippen molar-refractivity contribution in [3.63, 3.8) is 0 Å². The molecule has 0 unspecified atom stereocenters. The van der Waals surface area contributed by atoms with E-state index in [9.17, 15) is 5.11 Å². The summed E-state index contributed by atoms with van der Waals surface area (Å²) in [5.41, 5.74) is 2.33. The summed E-state index contributed by atoms with van der Waals surface area (Å²) in [5.74, 6) is 1.93. The molecule has 3 fully saturated rings. The monoisotopic (exact) mass is 492 g/mol. The Morgan fingerprint density at radius 2 is 1.88 bits per heavy atom. The number of halogens is 2. The van der Waals surface area contributed by atoms with Gasteiger partial charge in [0.05, 0.1) is 5.60 Å². The number of aliphatic hydroxyl groups is 1. The molecule has 3 heterocycles. The van der Waals surface area contributed by atoms with Gasteiger partial charge in [0.1, 0.15) is 0 Å². The smallest absolute Gasteiger partial charge is 0.0650 e. The predicted octanol–water partition coefficient (Wildman–Crippen LogP) is 6.29. The van der Waals surface area contributed by atoms with E-state index in [0.717, 1.165) is 49.5 Å². The molecule has 0 bridgehead atoms. The van der Waals surface area contributed by atoms with Crippen molar-refractivity contribution in [1.29, 1.82) is 0 Å². The van der Waals surface area contributed by atoms with Crippen molar-refractivity contribution < 1.29 is 5.11 Å². The Balaban J connectivity index is 1.20. The van der Waals surface area contributed by atoms with Crippen molar-refractivity contribution in [1.82, 2.24) is 9.80 Å². The van der Waals surface area contributed by atoms with E-state index in [1.165, 1.54) is 44.5 Å². The second-order valence-corrected chi connectivity index (χ2v) is 12.0. The summed E-state index contributed by atoms with van der Waals surface area (Å²) in [6, 6.07) is 8.18. The summed E-state index contributed by atoms with van der Waals surface area (Å²) >= 11 is 14.4. The molecular weight excluding hydrogens is 459 g/mol. The molecule has 2 aromatic rings. The van der Waals surface area contributed by atoms with Crippen LogP contribution in [0.5, 0.6) is 0 Å². The second kappa shape index (κ2) is 9.93. The number of likely N-dealkylation sites (tertiary alicyclic amines) is 2. The Hall–Kier alpha value is -0.620. The molecule has 6 heteroatoms. The van der Waals surface area contributed by atoms with Gasteiger partial charge in [-0.1, -0.05) is 29.3 Å². The summed E-state index contributed by atoms with van der Waals surface area (Å²) in [6.45, 7) is 6.60. The lowest BCUT2D eigenvalue weighted by Gasteiger charge is -2.42. The van der Waals surface area contributed by atoms with Gasteiger partial charge in [-0.3, -0.25) is 4.90 Å². The molecule has 3 aliphatic rings. The molecule has 2 aliphatic heterocycles. The van der Waals surface area contributed by atoms with E-state index in [1.807, 2.05) is 12.1 Å². The average molecular weight is 494 g/mol. The van der Waals surface area contributed by atoms with Crippen molar-refractivity contribution in [3.05, 3.63) is 56.2 Å². The molecule has 0 radical (unpaired) electrons. The molecule has 1 aromatic heterocycles. The number of piperidine rings is 1. The molecule has 32 heavy (non-hydrogen) atoms. The number of hydrogen-bond acceptors (Lipinski definition) is 4. The lowest BCUT2D eigenvalue weighted by molar-refractivity contribution is -0.0587. The van der Waals surface area contributed by atoms with Gasteiger partial charge in [0, 0.05) is 42.1 Å². The first-order valence-corrected chi connectivity index (χ1v) is 13.8. The topological polar surface area (TPSA) is 26.7 Å². The van der Waals surface area contributed by atoms with Crippen molar-refractivity contribution in [3.8, 4) is 0 Å². The fourth-order valence-corrected chi connectivity index (χ4v) is 7.25. The number of benzene rings is 1. The summed E-state index contributed by atoms with van der Waals surface area (Å²) < 4.78 is 0.